The third-order valence-corrected chi connectivity index (χ3v) is 6.69. The molecule has 0 aliphatic carbocycles. The van der Waals surface area contributed by atoms with E-state index in [4.69, 9.17) is 14.7 Å². The van der Waals surface area contributed by atoms with E-state index in [1.165, 1.54) is 6.07 Å². The van der Waals surface area contributed by atoms with E-state index in [1.807, 2.05) is 37.3 Å². The summed E-state index contributed by atoms with van der Waals surface area (Å²) in [6, 6.07) is 13.1. The number of pyridine rings is 1. The number of fused-ring (bicyclic) bond motifs is 1. The highest BCUT2D eigenvalue weighted by molar-refractivity contribution is 5.78. The Morgan fingerprint density at radius 3 is 2.76 bits per heavy atom. The molecule has 10 nitrogen and oxygen atoms in total. The molecule has 10 heteroatoms. The zero-order chi connectivity index (χ0) is 25.8. The van der Waals surface area contributed by atoms with Crippen molar-refractivity contribution in [1.29, 1.82) is 0 Å². The van der Waals surface area contributed by atoms with Crippen molar-refractivity contribution >= 4 is 23.2 Å². The summed E-state index contributed by atoms with van der Waals surface area (Å²) >= 11 is 0. The SMILES string of the molecule is CCNC(=O)CN1CCc2c(nc(-c3ccc(Nc4cccc(=O)[nH]4)cc3)nc2N2CCOC[C@@H]2C)C1. The molecule has 3 aromatic rings. The Hall–Kier alpha value is -3.76. The minimum absolute atomic E-state index is 0.0325. The molecule has 2 aromatic heterocycles. The number of carbonyl (C=O) groups excluding carboxylic acids is 1. The minimum atomic E-state index is -0.157. The topological polar surface area (TPSA) is 115 Å². The molecule has 4 heterocycles. The van der Waals surface area contributed by atoms with Crippen LogP contribution in [0, 0.1) is 0 Å². The maximum atomic E-state index is 12.2. The van der Waals surface area contributed by atoms with Crippen LogP contribution in [-0.4, -0.2) is 71.2 Å². The summed E-state index contributed by atoms with van der Waals surface area (Å²) < 4.78 is 5.68. The summed E-state index contributed by atoms with van der Waals surface area (Å²) in [5.41, 5.74) is 3.72. The largest absolute Gasteiger partial charge is 0.377 e. The third kappa shape index (κ3) is 5.81. The van der Waals surface area contributed by atoms with E-state index in [0.717, 1.165) is 47.8 Å². The Kier molecular flexibility index (Phi) is 7.47. The zero-order valence-corrected chi connectivity index (χ0v) is 21.3. The average molecular weight is 504 g/mol. The Morgan fingerprint density at radius 1 is 1.16 bits per heavy atom. The van der Waals surface area contributed by atoms with Gasteiger partial charge in [0.1, 0.15) is 11.6 Å². The van der Waals surface area contributed by atoms with Crippen molar-refractivity contribution in [1.82, 2.24) is 25.2 Å². The number of likely N-dealkylation sites (N-methyl/N-ethyl adjacent to an activating group) is 1. The molecule has 5 rings (SSSR count). The molecule has 0 saturated carbocycles. The molecule has 2 aliphatic heterocycles. The van der Waals surface area contributed by atoms with Crippen LogP contribution in [0.5, 0.6) is 0 Å². The first-order valence-corrected chi connectivity index (χ1v) is 12.8. The van der Waals surface area contributed by atoms with Crippen LogP contribution < -0.4 is 21.1 Å². The smallest absolute Gasteiger partial charge is 0.249 e. The van der Waals surface area contributed by atoms with E-state index in [9.17, 15) is 9.59 Å². The number of ether oxygens (including phenoxy) is 1. The van der Waals surface area contributed by atoms with Gasteiger partial charge < -0.3 is 25.3 Å². The number of hydrogen-bond acceptors (Lipinski definition) is 8. The van der Waals surface area contributed by atoms with Crippen molar-refractivity contribution in [2.24, 2.45) is 0 Å². The number of amides is 1. The van der Waals surface area contributed by atoms with E-state index < -0.39 is 0 Å². The predicted molar refractivity (Wildman–Crippen MR) is 143 cm³/mol. The number of aromatic nitrogens is 3. The van der Waals surface area contributed by atoms with Crippen molar-refractivity contribution in [2.75, 3.05) is 49.6 Å². The highest BCUT2D eigenvalue weighted by atomic mass is 16.5. The molecule has 0 spiro atoms. The molecular weight excluding hydrogens is 470 g/mol. The summed E-state index contributed by atoms with van der Waals surface area (Å²) in [5.74, 6) is 2.29. The quantitative estimate of drug-likeness (QED) is 0.450. The molecule has 1 fully saturated rings. The first-order chi connectivity index (χ1) is 18.0. The zero-order valence-electron chi connectivity index (χ0n) is 21.3. The van der Waals surface area contributed by atoms with Gasteiger partial charge in [-0.25, -0.2) is 9.97 Å². The molecular formula is C27H33N7O3. The summed E-state index contributed by atoms with van der Waals surface area (Å²) in [4.78, 5) is 41.1. The Balaban J connectivity index is 1.45. The summed E-state index contributed by atoms with van der Waals surface area (Å²) in [6.45, 7) is 8.59. The molecule has 1 atom stereocenters. The fraction of sp³-hybridized carbons (Fsp3) is 0.407. The van der Waals surface area contributed by atoms with Crippen molar-refractivity contribution in [3.8, 4) is 11.4 Å². The Morgan fingerprint density at radius 2 is 2.00 bits per heavy atom. The Labute approximate surface area is 216 Å². The molecule has 0 unspecified atom stereocenters. The highest BCUT2D eigenvalue weighted by Gasteiger charge is 2.29. The molecule has 2 aliphatic rings. The summed E-state index contributed by atoms with van der Waals surface area (Å²) in [5, 5.41) is 6.10. The first-order valence-electron chi connectivity index (χ1n) is 12.8. The maximum Gasteiger partial charge on any atom is 0.249 e. The standard InChI is InChI=1S/C27H33N7O3/c1-3-28-25(36)16-33-12-11-21-22(15-33)30-26(32-27(21)34-13-14-37-17-18(34)2)19-7-9-20(10-8-19)29-23-5-4-6-24(35)31-23/h4-10,18H,3,11-17H2,1-2H3,(H,28,36)(H2,29,31,35)/t18-/m0/s1. The molecule has 0 radical (unpaired) electrons. The number of nitrogens with one attached hydrogen (secondary N) is 3. The second-order valence-corrected chi connectivity index (χ2v) is 9.46. The second-order valence-electron chi connectivity index (χ2n) is 9.46. The van der Waals surface area contributed by atoms with Crippen molar-refractivity contribution in [3.63, 3.8) is 0 Å². The first kappa shape index (κ1) is 24.9. The predicted octanol–water partition coefficient (Wildman–Crippen LogP) is 2.29. The van der Waals surface area contributed by atoms with Crippen molar-refractivity contribution < 1.29 is 9.53 Å². The second kappa shape index (κ2) is 11.1. The lowest BCUT2D eigenvalue weighted by Crippen LogP contribution is -2.46. The lowest BCUT2D eigenvalue weighted by atomic mass is 10.0. The summed E-state index contributed by atoms with van der Waals surface area (Å²) in [7, 11) is 0. The number of anilines is 3. The molecule has 1 amide bonds. The molecule has 194 valence electrons. The molecule has 1 aromatic carbocycles. The van der Waals surface area contributed by atoms with Crippen LogP contribution in [-0.2, 0) is 22.5 Å². The lowest BCUT2D eigenvalue weighted by Gasteiger charge is -2.37. The van der Waals surface area contributed by atoms with Crippen LogP contribution in [0.2, 0.25) is 0 Å². The maximum absolute atomic E-state index is 12.2. The van der Waals surface area contributed by atoms with Crippen molar-refractivity contribution in [3.05, 3.63) is 64.1 Å². The number of morpholine rings is 1. The average Bonchev–Trinajstić information content (AvgIpc) is 2.89. The fourth-order valence-electron chi connectivity index (χ4n) is 4.84. The number of H-pyrrole nitrogens is 1. The van der Waals surface area contributed by atoms with Crippen LogP contribution >= 0.6 is 0 Å². The van der Waals surface area contributed by atoms with Gasteiger partial charge in [-0.1, -0.05) is 6.07 Å². The van der Waals surface area contributed by atoms with E-state index >= 15 is 0 Å². The van der Waals surface area contributed by atoms with Gasteiger partial charge in [-0.05, 0) is 50.6 Å². The fourth-order valence-corrected chi connectivity index (χ4v) is 4.84. The van der Waals surface area contributed by atoms with Gasteiger partial charge in [0, 0.05) is 49.1 Å². The van der Waals surface area contributed by atoms with Gasteiger partial charge in [-0.2, -0.15) is 0 Å². The van der Waals surface area contributed by atoms with Gasteiger partial charge in [0.05, 0.1) is 31.5 Å². The number of rotatable bonds is 7. The van der Waals surface area contributed by atoms with Gasteiger partial charge >= 0.3 is 0 Å². The van der Waals surface area contributed by atoms with Gasteiger partial charge in [0.25, 0.3) is 0 Å². The van der Waals surface area contributed by atoms with E-state index in [2.05, 4.69) is 32.3 Å². The van der Waals surface area contributed by atoms with Crippen LogP contribution in [0.3, 0.4) is 0 Å². The van der Waals surface area contributed by atoms with E-state index in [0.29, 0.717) is 44.5 Å². The van der Waals surface area contributed by atoms with Crippen LogP contribution in [0.4, 0.5) is 17.3 Å². The van der Waals surface area contributed by atoms with Crippen LogP contribution in [0.25, 0.3) is 11.4 Å². The van der Waals surface area contributed by atoms with Gasteiger partial charge in [-0.3, -0.25) is 14.5 Å². The van der Waals surface area contributed by atoms with E-state index in [-0.39, 0.29) is 17.5 Å². The minimum Gasteiger partial charge on any atom is -0.377 e. The number of carbonyl (C=O) groups is 1. The highest BCUT2D eigenvalue weighted by Crippen LogP contribution is 2.31. The van der Waals surface area contributed by atoms with Gasteiger partial charge in [-0.15, -0.1) is 0 Å². The monoisotopic (exact) mass is 503 g/mol. The van der Waals surface area contributed by atoms with E-state index in [1.54, 1.807) is 6.07 Å². The lowest BCUT2D eigenvalue weighted by molar-refractivity contribution is -0.122. The summed E-state index contributed by atoms with van der Waals surface area (Å²) in [6.07, 6.45) is 0.798. The Bertz CT molecular complexity index is 1310. The molecule has 3 N–H and O–H groups in total. The van der Waals surface area contributed by atoms with Crippen LogP contribution in [0.15, 0.2) is 47.3 Å². The van der Waals surface area contributed by atoms with Crippen molar-refractivity contribution in [2.45, 2.75) is 32.9 Å². The number of aromatic amines is 1. The number of nitrogens with zero attached hydrogens (tertiary/aromatic N) is 4. The van der Waals surface area contributed by atoms with Crippen LogP contribution in [0.1, 0.15) is 25.1 Å². The molecule has 0 bridgehead atoms. The third-order valence-electron chi connectivity index (χ3n) is 6.69. The van der Waals surface area contributed by atoms with Gasteiger partial charge in [0.2, 0.25) is 11.5 Å². The molecule has 1 saturated heterocycles. The normalized spacial score (nSPS) is 17.8. The molecule has 37 heavy (non-hydrogen) atoms. The number of benzene rings is 1. The van der Waals surface area contributed by atoms with Gasteiger partial charge in [0.15, 0.2) is 5.82 Å². The number of hydrogen-bond donors (Lipinski definition) is 3.